The number of nitrogens with one attached hydrogen (secondary N) is 2. The van der Waals surface area contributed by atoms with Gasteiger partial charge in [-0.1, -0.05) is 31.5 Å². The largest absolute Gasteiger partial charge is 0.389 e. The number of hydrogen-bond donors (Lipinski definition) is 3. The molecular weight excluding hydrogens is 276 g/mol. The summed E-state index contributed by atoms with van der Waals surface area (Å²) in [7, 11) is 0. The lowest BCUT2D eigenvalue weighted by molar-refractivity contribution is -0.116. The Morgan fingerprint density at radius 3 is 2.45 bits per heavy atom. The van der Waals surface area contributed by atoms with Gasteiger partial charge in [-0.2, -0.15) is 0 Å². The van der Waals surface area contributed by atoms with E-state index < -0.39 is 5.60 Å². The van der Waals surface area contributed by atoms with E-state index in [0.29, 0.717) is 13.0 Å². The van der Waals surface area contributed by atoms with E-state index in [1.54, 1.807) is 0 Å². The number of hydrogen-bond acceptors (Lipinski definition) is 3. The third kappa shape index (κ3) is 5.78. The molecule has 0 aliphatic rings. The maximum absolute atomic E-state index is 12.1. The number of anilines is 1. The number of rotatable bonds is 7. The molecule has 1 aromatic rings. The van der Waals surface area contributed by atoms with E-state index in [0.717, 1.165) is 11.3 Å². The van der Waals surface area contributed by atoms with Crippen molar-refractivity contribution in [3.63, 3.8) is 0 Å². The number of amides is 1. The van der Waals surface area contributed by atoms with Crippen molar-refractivity contribution in [3.8, 4) is 0 Å². The van der Waals surface area contributed by atoms with Crippen molar-refractivity contribution in [2.24, 2.45) is 5.92 Å². The van der Waals surface area contributed by atoms with Crippen LogP contribution in [0.2, 0.25) is 0 Å². The molecule has 2 atom stereocenters. The van der Waals surface area contributed by atoms with Gasteiger partial charge < -0.3 is 15.7 Å². The number of carbonyl (C=O) groups excluding carboxylic acids is 1. The first kappa shape index (κ1) is 18.7. The number of aliphatic hydroxyl groups is 1. The molecule has 0 saturated carbocycles. The lowest BCUT2D eigenvalue weighted by Gasteiger charge is -2.29. The number of benzene rings is 1. The van der Waals surface area contributed by atoms with Gasteiger partial charge in [-0.15, -0.1) is 0 Å². The van der Waals surface area contributed by atoms with Gasteiger partial charge >= 0.3 is 0 Å². The molecule has 0 aliphatic carbocycles. The van der Waals surface area contributed by atoms with Gasteiger partial charge in [0.1, 0.15) is 0 Å². The molecule has 0 heterocycles. The molecule has 4 heteroatoms. The molecule has 124 valence electrons. The minimum Gasteiger partial charge on any atom is -0.389 e. The second kappa shape index (κ2) is 7.75. The predicted molar refractivity (Wildman–Crippen MR) is 92.1 cm³/mol. The van der Waals surface area contributed by atoms with Crippen molar-refractivity contribution < 1.29 is 9.90 Å². The van der Waals surface area contributed by atoms with Crippen molar-refractivity contribution in [1.82, 2.24) is 5.32 Å². The maximum atomic E-state index is 12.1. The minimum atomic E-state index is -0.766. The summed E-state index contributed by atoms with van der Waals surface area (Å²) >= 11 is 0. The first-order valence-electron chi connectivity index (χ1n) is 7.94. The molecule has 0 aromatic heterocycles. The molecule has 1 rings (SSSR count). The number of aryl methyl sites for hydroxylation is 2. The summed E-state index contributed by atoms with van der Waals surface area (Å²) in [5, 5.41) is 16.4. The van der Waals surface area contributed by atoms with Crippen LogP contribution in [0.25, 0.3) is 0 Å². The SMILES string of the molecule is Cc1ccc(NC(=O)CC(C)NCC(C)(O)C(C)C)c(C)c1. The van der Waals surface area contributed by atoms with Crippen LogP contribution in [0.5, 0.6) is 0 Å². The highest BCUT2D eigenvalue weighted by Crippen LogP contribution is 2.17. The fourth-order valence-corrected chi connectivity index (χ4v) is 2.09. The first-order chi connectivity index (χ1) is 10.1. The summed E-state index contributed by atoms with van der Waals surface area (Å²) in [5.41, 5.74) is 2.34. The summed E-state index contributed by atoms with van der Waals surface area (Å²) < 4.78 is 0. The van der Waals surface area contributed by atoms with Crippen LogP contribution in [0.1, 0.15) is 45.2 Å². The van der Waals surface area contributed by atoms with Gasteiger partial charge in [-0.25, -0.2) is 0 Å². The third-order valence-electron chi connectivity index (χ3n) is 4.20. The van der Waals surface area contributed by atoms with Crippen LogP contribution in [0.4, 0.5) is 5.69 Å². The van der Waals surface area contributed by atoms with Gasteiger partial charge in [0.2, 0.25) is 5.91 Å². The van der Waals surface area contributed by atoms with Crippen LogP contribution < -0.4 is 10.6 Å². The average Bonchev–Trinajstić information content (AvgIpc) is 2.39. The molecule has 0 fully saturated rings. The zero-order chi connectivity index (χ0) is 16.9. The zero-order valence-electron chi connectivity index (χ0n) is 14.7. The molecule has 0 saturated heterocycles. The lowest BCUT2D eigenvalue weighted by atomic mass is 9.92. The first-order valence-corrected chi connectivity index (χ1v) is 7.94. The van der Waals surface area contributed by atoms with Gasteiger partial charge in [-0.05, 0) is 45.2 Å². The van der Waals surface area contributed by atoms with Gasteiger partial charge in [0, 0.05) is 24.7 Å². The smallest absolute Gasteiger partial charge is 0.225 e. The third-order valence-corrected chi connectivity index (χ3v) is 4.20. The molecule has 0 aliphatic heterocycles. The topological polar surface area (TPSA) is 61.4 Å². The van der Waals surface area contributed by atoms with Crippen molar-refractivity contribution in [1.29, 1.82) is 0 Å². The minimum absolute atomic E-state index is 0.0102. The zero-order valence-corrected chi connectivity index (χ0v) is 14.7. The highest BCUT2D eigenvalue weighted by atomic mass is 16.3. The predicted octanol–water partition coefficient (Wildman–Crippen LogP) is 3.02. The Kier molecular flexibility index (Phi) is 6.57. The molecule has 4 nitrogen and oxygen atoms in total. The van der Waals surface area contributed by atoms with E-state index in [1.165, 1.54) is 5.56 Å². The normalized spacial score (nSPS) is 15.5. The Hall–Kier alpha value is -1.39. The van der Waals surface area contributed by atoms with Gasteiger partial charge in [0.05, 0.1) is 5.60 Å². The Morgan fingerprint density at radius 2 is 1.91 bits per heavy atom. The van der Waals surface area contributed by atoms with Crippen molar-refractivity contribution >= 4 is 11.6 Å². The second-order valence-corrected chi connectivity index (χ2v) is 6.86. The molecule has 3 N–H and O–H groups in total. The van der Waals surface area contributed by atoms with Gasteiger partial charge in [0.15, 0.2) is 0 Å². The molecule has 0 spiro atoms. The van der Waals surface area contributed by atoms with Crippen molar-refractivity contribution in [2.75, 3.05) is 11.9 Å². The number of carbonyl (C=O) groups is 1. The Balaban J connectivity index is 2.48. The Morgan fingerprint density at radius 1 is 1.27 bits per heavy atom. The van der Waals surface area contributed by atoms with Crippen molar-refractivity contribution in [2.45, 2.75) is 59.6 Å². The summed E-state index contributed by atoms with van der Waals surface area (Å²) in [5.74, 6) is 0.146. The quantitative estimate of drug-likeness (QED) is 0.725. The molecular formula is C18H30N2O2. The van der Waals surface area contributed by atoms with Crippen LogP contribution in [0.15, 0.2) is 18.2 Å². The van der Waals surface area contributed by atoms with E-state index in [2.05, 4.69) is 16.7 Å². The second-order valence-electron chi connectivity index (χ2n) is 6.86. The van der Waals surface area contributed by atoms with E-state index in [9.17, 15) is 9.90 Å². The molecule has 22 heavy (non-hydrogen) atoms. The van der Waals surface area contributed by atoms with E-state index >= 15 is 0 Å². The maximum Gasteiger partial charge on any atom is 0.225 e. The highest BCUT2D eigenvalue weighted by Gasteiger charge is 2.25. The van der Waals surface area contributed by atoms with Crippen LogP contribution in [0.3, 0.4) is 0 Å². The molecule has 2 unspecified atom stereocenters. The van der Waals surface area contributed by atoms with E-state index in [4.69, 9.17) is 0 Å². The average molecular weight is 306 g/mol. The summed E-state index contributed by atoms with van der Waals surface area (Å²) in [6, 6.07) is 5.99. The fourth-order valence-electron chi connectivity index (χ4n) is 2.09. The van der Waals surface area contributed by atoms with E-state index in [1.807, 2.05) is 53.7 Å². The van der Waals surface area contributed by atoms with Crippen molar-refractivity contribution in [3.05, 3.63) is 29.3 Å². The van der Waals surface area contributed by atoms with Crippen LogP contribution in [-0.2, 0) is 4.79 Å². The standard InChI is InChI=1S/C18H30N2O2/c1-12(2)18(6,22)11-19-15(5)10-17(21)20-16-8-7-13(3)9-14(16)4/h7-9,12,15,19,22H,10-11H2,1-6H3,(H,20,21). The Bertz CT molecular complexity index is 510. The monoisotopic (exact) mass is 306 g/mol. The van der Waals surface area contributed by atoms with Gasteiger partial charge in [-0.3, -0.25) is 4.79 Å². The van der Waals surface area contributed by atoms with Crippen LogP contribution in [-0.4, -0.2) is 29.2 Å². The van der Waals surface area contributed by atoms with Crippen LogP contribution >= 0.6 is 0 Å². The van der Waals surface area contributed by atoms with E-state index in [-0.39, 0.29) is 17.9 Å². The summed E-state index contributed by atoms with van der Waals surface area (Å²) in [6.45, 7) is 12.2. The Labute approximate surface area is 134 Å². The van der Waals surface area contributed by atoms with Crippen LogP contribution in [0, 0.1) is 19.8 Å². The summed E-state index contributed by atoms with van der Waals surface area (Å²) in [4.78, 5) is 12.1. The fraction of sp³-hybridized carbons (Fsp3) is 0.611. The van der Waals surface area contributed by atoms with Gasteiger partial charge in [0.25, 0.3) is 0 Å². The molecule has 1 amide bonds. The lowest BCUT2D eigenvalue weighted by Crippen LogP contribution is -2.45. The summed E-state index contributed by atoms with van der Waals surface area (Å²) in [6.07, 6.45) is 0.376. The molecule has 0 bridgehead atoms. The molecule has 1 aromatic carbocycles. The molecule has 0 radical (unpaired) electrons. The highest BCUT2D eigenvalue weighted by molar-refractivity contribution is 5.91.